The number of H-pyrrole nitrogens is 1. The summed E-state index contributed by atoms with van der Waals surface area (Å²) >= 11 is 3.07. The molecule has 1 aliphatic heterocycles. The van der Waals surface area contributed by atoms with Gasteiger partial charge in [0.05, 0.1) is 4.47 Å². The minimum Gasteiger partial charge on any atom is -0.358 e. The monoisotopic (exact) mass is 260 g/mol. The average molecular weight is 261 g/mol. The number of hydrogen-bond donors (Lipinski definition) is 1. The normalized spacial score (nSPS) is 21.4. The maximum Gasteiger partial charge on any atom is 0.330 e. The third-order valence-electron chi connectivity index (χ3n) is 2.16. The van der Waals surface area contributed by atoms with Gasteiger partial charge in [0.15, 0.2) is 0 Å². The largest absolute Gasteiger partial charge is 0.358 e. The number of halogens is 1. The highest BCUT2D eigenvalue weighted by atomic mass is 79.9. The fourth-order valence-corrected chi connectivity index (χ4v) is 1.80. The summed E-state index contributed by atoms with van der Waals surface area (Å²) in [6.07, 6.45) is 2.52. The van der Waals surface area contributed by atoms with Crippen molar-refractivity contribution in [2.24, 2.45) is 0 Å². The van der Waals surface area contributed by atoms with Gasteiger partial charge in [-0.1, -0.05) is 0 Å². The summed E-state index contributed by atoms with van der Waals surface area (Å²) in [5.41, 5.74) is -0.772. The van der Waals surface area contributed by atoms with E-state index in [2.05, 4.69) is 20.9 Å². The van der Waals surface area contributed by atoms with E-state index in [1.165, 1.54) is 6.20 Å². The zero-order valence-corrected chi connectivity index (χ0v) is 8.91. The predicted molar refractivity (Wildman–Crippen MR) is 53.2 cm³/mol. The molecule has 76 valence electrons. The highest BCUT2D eigenvalue weighted by Crippen LogP contribution is 2.19. The SMILES string of the molecule is O=c1[nH]cc(Br)c(=O)n1C1CCCO1. The number of nitrogens with one attached hydrogen (secondary N) is 1. The molecular weight excluding hydrogens is 252 g/mol. The van der Waals surface area contributed by atoms with Crippen molar-refractivity contribution in [3.05, 3.63) is 31.5 Å². The molecule has 1 saturated heterocycles. The van der Waals surface area contributed by atoms with Crippen molar-refractivity contribution in [1.82, 2.24) is 9.55 Å². The lowest BCUT2D eigenvalue weighted by Crippen LogP contribution is -2.37. The second-order valence-electron chi connectivity index (χ2n) is 3.08. The highest BCUT2D eigenvalue weighted by molar-refractivity contribution is 9.10. The van der Waals surface area contributed by atoms with E-state index in [4.69, 9.17) is 4.74 Å². The quantitative estimate of drug-likeness (QED) is 0.805. The summed E-state index contributed by atoms with van der Waals surface area (Å²) in [5, 5.41) is 0. The second-order valence-corrected chi connectivity index (χ2v) is 3.94. The topological polar surface area (TPSA) is 64.1 Å². The van der Waals surface area contributed by atoms with Crippen molar-refractivity contribution in [2.45, 2.75) is 19.1 Å². The smallest absolute Gasteiger partial charge is 0.330 e. The molecule has 1 unspecified atom stereocenters. The summed E-state index contributed by atoms with van der Waals surface area (Å²) in [6.45, 7) is 0.600. The van der Waals surface area contributed by atoms with E-state index in [1.54, 1.807) is 0 Å². The Kier molecular flexibility index (Phi) is 2.56. The van der Waals surface area contributed by atoms with Gasteiger partial charge < -0.3 is 9.72 Å². The van der Waals surface area contributed by atoms with E-state index in [-0.39, 0.29) is 5.56 Å². The Hall–Kier alpha value is -0.880. The molecule has 0 aliphatic carbocycles. The summed E-state index contributed by atoms with van der Waals surface area (Å²) in [5.74, 6) is 0. The standard InChI is InChI=1S/C8H9BrN2O3/c9-5-4-10-8(13)11(7(5)12)6-2-1-3-14-6/h4,6H,1-3H2,(H,10,13). The minimum atomic E-state index is -0.426. The first kappa shape index (κ1) is 9.67. The van der Waals surface area contributed by atoms with Crippen LogP contribution >= 0.6 is 15.9 Å². The van der Waals surface area contributed by atoms with E-state index in [0.29, 0.717) is 17.5 Å². The first-order valence-electron chi connectivity index (χ1n) is 4.31. The van der Waals surface area contributed by atoms with Gasteiger partial charge in [0, 0.05) is 12.8 Å². The maximum atomic E-state index is 11.6. The van der Waals surface area contributed by atoms with Gasteiger partial charge in [0.25, 0.3) is 5.56 Å². The van der Waals surface area contributed by atoms with Gasteiger partial charge in [-0.15, -0.1) is 0 Å². The molecule has 0 saturated carbocycles. The van der Waals surface area contributed by atoms with Gasteiger partial charge in [-0.3, -0.25) is 4.79 Å². The highest BCUT2D eigenvalue weighted by Gasteiger charge is 2.21. The van der Waals surface area contributed by atoms with Crippen molar-refractivity contribution in [2.75, 3.05) is 6.61 Å². The van der Waals surface area contributed by atoms with Crippen LogP contribution in [-0.4, -0.2) is 16.2 Å². The van der Waals surface area contributed by atoms with Gasteiger partial charge in [-0.05, 0) is 28.8 Å². The molecule has 0 bridgehead atoms. The van der Waals surface area contributed by atoms with Crippen molar-refractivity contribution >= 4 is 15.9 Å². The number of nitrogens with zero attached hydrogens (tertiary/aromatic N) is 1. The molecule has 2 rings (SSSR count). The number of aromatic amines is 1. The molecule has 0 radical (unpaired) electrons. The van der Waals surface area contributed by atoms with Gasteiger partial charge in [0.1, 0.15) is 6.23 Å². The summed E-state index contributed by atoms with van der Waals surface area (Å²) < 4.78 is 6.73. The van der Waals surface area contributed by atoms with Crippen LogP contribution in [-0.2, 0) is 4.74 Å². The van der Waals surface area contributed by atoms with Crippen molar-refractivity contribution in [3.63, 3.8) is 0 Å². The van der Waals surface area contributed by atoms with Gasteiger partial charge in [-0.25, -0.2) is 9.36 Å². The molecule has 6 heteroatoms. The Morgan fingerprint density at radius 1 is 1.57 bits per heavy atom. The van der Waals surface area contributed by atoms with E-state index < -0.39 is 11.9 Å². The molecule has 1 atom stereocenters. The molecule has 5 nitrogen and oxygen atoms in total. The summed E-state index contributed by atoms with van der Waals surface area (Å²) in [4.78, 5) is 25.4. The fraction of sp³-hybridized carbons (Fsp3) is 0.500. The van der Waals surface area contributed by atoms with E-state index in [0.717, 1.165) is 11.0 Å². The fourth-order valence-electron chi connectivity index (χ4n) is 1.49. The van der Waals surface area contributed by atoms with Gasteiger partial charge in [0.2, 0.25) is 0 Å². The van der Waals surface area contributed by atoms with Crippen molar-refractivity contribution < 1.29 is 4.74 Å². The third kappa shape index (κ3) is 1.55. The average Bonchev–Trinajstić information content (AvgIpc) is 2.65. The van der Waals surface area contributed by atoms with Crippen LogP contribution in [0, 0.1) is 0 Å². The molecular formula is C8H9BrN2O3. The molecule has 2 heterocycles. The lowest BCUT2D eigenvalue weighted by atomic mass is 10.3. The molecule has 1 aromatic rings. The summed E-state index contributed by atoms with van der Waals surface area (Å²) in [6, 6.07) is 0. The number of aromatic nitrogens is 2. The van der Waals surface area contributed by atoms with Gasteiger partial charge >= 0.3 is 5.69 Å². The van der Waals surface area contributed by atoms with Crippen LogP contribution in [0.15, 0.2) is 20.3 Å². The van der Waals surface area contributed by atoms with E-state index in [9.17, 15) is 9.59 Å². The van der Waals surface area contributed by atoms with E-state index >= 15 is 0 Å². The molecule has 0 spiro atoms. The Morgan fingerprint density at radius 3 is 3.00 bits per heavy atom. The van der Waals surface area contributed by atoms with Crippen LogP contribution in [0.4, 0.5) is 0 Å². The Balaban J connectivity index is 2.55. The van der Waals surface area contributed by atoms with Crippen LogP contribution < -0.4 is 11.2 Å². The molecule has 1 N–H and O–H groups in total. The molecule has 14 heavy (non-hydrogen) atoms. The Bertz CT molecular complexity index is 445. The van der Waals surface area contributed by atoms with Gasteiger partial charge in [-0.2, -0.15) is 0 Å². The van der Waals surface area contributed by atoms with Crippen molar-refractivity contribution in [1.29, 1.82) is 0 Å². The minimum absolute atomic E-state index is 0.340. The molecule has 1 aromatic heterocycles. The molecule has 1 fully saturated rings. The Morgan fingerprint density at radius 2 is 2.36 bits per heavy atom. The zero-order chi connectivity index (χ0) is 10.1. The van der Waals surface area contributed by atoms with E-state index in [1.807, 2.05) is 0 Å². The number of hydrogen-bond acceptors (Lipinski definition) is 3. The molecule has 0 amide bonds. The Labute approximate surface area is 87.8 Å². The third-order valence-corrected chi connectivity index (χ3v) is 2.73. The maximum absolute atomic E-state index is 11.6. The van der Waals surface area contributed by atoms with Crippen LogP contribution in [0.3, 0.4) is 0 Å². The lowest BCUT2D eigenvalue weighted by Gasteiger charge is -2.11. The van der Waals surface area contributed by atoms with Crippen LogP contribution in [0.25, 0.3) is 0 Å². The zero-order valence-electron chi connectivity index (χ0n) is 7.33. The first-order chi connectivity index (χ1) is 6.70. The lowest BCUT2D eigenvalue weighted by molar-refractivity contribution is 0.0500. The van der Waals surface area contributed by atoms with Crippen LogP contribution in [0.2, 0.25) is 0 Å². The van der Waals surface area contributed by atoms with Crippen molar-refractivity contribution in [3.8, 4) is 0 Å². The number of ether oxygens (including phenoxy) is 1. The summed E-state index contributed by atoms with van der Waals surface area (Å²) in [7, 11) is 0. The van der Waals surface area contributed by atoms with Crippen LogP contribution in [0.5, 0.6) is 0 Å². The molecule has 1 aliphatic rings. The second kappa shape index (κ2) is 3.70. The van der Waals surface area contributed by atoms with Crippen LogP contribution in [0.1, 0.15) is 19.1 Å². The predicted octanol–water partition coefficient (Wildman–Crippen LogP) is 0.608. The first-order valence-corrected chi connectivity index (χ1v) is 5.11. The molecule has 0 aromatic carbocycles. The number of rotatable bonds is 1.